The van der Waals surface area contributed by atoms with Crippen LogP contribution < -0.4 is 5.73 Å². The summed E-state index contributed by atoms with van der Waals surface area (Å²) in [6.45, 7) is 0. The number of nitrogen functional groups attached to an aromatic ring is 1. The summed E-state index contributed by atoms with van der Waals surface area (Å²) in [5.74, 6) is -1.77. The van der Waals surface area contributed by atoms with Gasteiger partial charge in [0.15, 0.2) is 17.5 Å². The quantitative estimate of drug-likeness (QED) is 0.749. The highest BCUT2D eigenvalue weighted by atomic mass is 19.2. The molecule has 0 aliphatic heterocycles. The second kappa shape index (κ2) is 4.61. The van der Waals surface area contributed by atoms with Crippen LogP contribution in [-0.4, -0.2) is 29.7 Å². The minimum atomic E-state index is -0.996. The summed E-state index contributed by atoms with van der Waals surface area (Å²) in [6.07, 6.45) is 2.68. The highest BCUT2D eigenvalue weighted by molar-refractivity contribution is 5.56. The van der Waals surface area contributed by atoms with E-state index in [-0.39, 0.29) is 23.3 Å². The molecule has 0 fully saturated rings. The highest BCUT2D eigenvalue weighted by Crippen LogP contribution is 2.19. The Hall–Kier alpha value is -2.97. The third-order valence-corrected chi connectivity index (χ3v) is 2.44. The maximum absolute atomic E-state index is 13.2. The van der Waals surface area contributed by atoms with Gasteiger partial charge in [0.1, 0.15) is 12.7 Å². The molecule has 0 bridgehead atoms. The number of rotatable bonds is 2. The maximum Gasteiger partial charge on any atom is 0.257 e. The lowest BCUT2D eigenvalue weighted by atomic mass is 10.2. The molecular weight excluding hydrogens is 268 g/mol. The minimum Gasteiger partial charge on any atom is -0.368 e. The predicted octanol–water partition coefficient (Wildman–Crippen LogP) is 0.980. The molecule has 2 aromatic heterocycles. The smallest absolute Gasteiger partial charge is 0.257 e. The third-order valence-electron chi connectivity index (χ3n) is 2.44. The van der Waals surface area contributed by atoms with Crippen LogP contribution in [0.4, 0.5) is 14.7 Å². The standard InChI is InChI=1S/C11H7F2N7/c12-7-2-1-6(3-8(7)13)9-17-10(14)19-11(18-9)20-5-15-4-16-20/h1-5H,(H2,14,17,18,19). The van der Waals surface area contributed by atoms with Crippen molar-refractivity contribution in [2.75, 3.05) is 5.73 Å². The first-order chi connectivity index (χ1) is 9.63. The molecule has 2 N–H and O–H groups in total. The van der Waals surface area contributed by atoms with Gasteiger partial charge >= 0.3 is 0 Å². The van der Waals surface area contributed by atoms with E-state index >= 15 is 0 Å². The van der Waals surface area contributed by atoms with E-state index in [4.69, 9.17) is 5.73 Å². The van der Waals surface area contributed by atoms with Crippen molar-refractivity contribution < 1.29 is 8.78 Å². The molecule has 0 atom stereocenters. The van der Waals surface area contributed by atoms with Crippen LogP contribution in [0.15, 0.2) is 30.9 Å². The van der Waals surface area contributed by atoms with Crippen LogP contribution in [0, 0.1) is 11.6 Å². The SMILES string of the molecule is Nc1nc(-c2ccc(F)c(F)c2)nc(-n2cncn2)n1. The number of aromatic nitrogens is 6. The zero-order chi connectivity index (χ0) is 14.1. The van der Waals surface area contributed by atoms with Gasteiger partial charge in [-0.3, -0.25) is 0 Å². The van der Waals surface area contributed by atoms with Gasteiger partial charge in [-0.2, -0.15) is 24.7 Å². The van der Waals surface area contributed by atoms with E-state index in [1.54, 1.807) is 0 Å². The molecule has 0 aliphatic carbocycles. The number of benzene rings is 1. The zero-order valence-corrected chi connectivity index (χ0v) is 9.90. The van der Waals surface area contributed by atoms with Crippen LogP contribution in [0.3, 0.4) is 0 Å². The van der Waals surface area contributed by atoms with Gasteiger partial charge in [-0.1, -0.05) is 0 Å². The Morgan fingerprint density at radius 2 is 1.90 bits per heavy atom. The largest absolute Gasteiger partial charge is 0.368 e. The van der Waals surface area contributed by atoms with Crippen LogP contribution in [0.5, 0.6) is 0 Å². The van der Waals surface area contributed by atoms with E-state index in [2.05, 4.69) is 25.0 Å². The average Bonchev–Trinajstić information content (AvgIpc) is 2.95. The molecule has 3 aromatic rings. The van der Waals surface area contributed by atoms with Gasteiger partial charge in [0, 0.05) is 5.56 Å². The first-order valence-corrected chi connectivity index (χ1v) is 5.45. The van der Waals surface area contributed by atoms with Crippen LogP contribution in [0.1, 0.15) is 0 Å². The molecule has 0 radical (unpaired) electrons. The van der Waals surface area contributed by atoms with Crippen LogP contribution >= 0.6 is 0 Å². The number of anilines is 1. The van der Waals surface area contributed by atoms with Crippen LogP contribution in [0.25, 0.3) is 17.3 Å². The average molecular weight is 275 g/mol. The molecule has 0 saturated heterocycles. The molecular formula is C11H7F2N7. The van der Waals surface area contributed by atoms with Gasteiger partial charge in [0.25, 0.3) is 5.95 Å². The summed E-state index contributed by atoms with van der Waals surface area (Å²) in [7, 11) is 0. The van der Waals surface area contributed by atoms with Crippen molar-refractivity contribution >= 4 is 5.95 Å². The molecule has 100 valence electrons. The fraction of sp³-hybridized carbons (Fsp3) is 0. The van der Waals surface area contributed by atoms with Crippen molar-refractivity contribution in [1.29, 1.82) is 0 Å². The Morgan fingerprint density at radius 3 is 2.60 bits per heavy atom. The van der Waals surface area contributed by atoms with E-state index in [9.17, 15) is 8.78 Å². The lowest BCUT2D eigenvalue weighted by Gasteiger charge is -2.04. The third kappa shape index (κ3) is 2.16. The van der Waals surface area contributed by atoms with Crippen molar-refractivity contribution in [1.82, 2.24) is 29.7 Å². The Balaban J connectivity index is 2.12. The first-order valence-electron chi connectivity index (χ1n) is 5.45. The number of nitrogens with zero attached hydrogens (tertiary/aromatic N) is 6. The van der Waals surface area contributed by atoms with Gasteiger partial charge < -0.3 is 5.73 Å². The molecule has 7 nitrogen and oxygen atoms in total. The van der Waals surface area contributed by atoms with Gasteiger partial charge in [-0.05, 0) is 18.2 Å². The minimum absolute atomic E-state index is 0.0646. The summed E-state index contributed by atoms with van der Waals surface area (Å²) in [6, 6.07) is 3.31. The van der Waals surface area contributed by atoms with Gasteiger partial charge in [-0.15, -0.1) is 0 Å². The first kappa shape index (κ1) is 12.1. The fourth-order valence-electron chi connectivity index (χ4n) is 1.56. The number of hydrogen-bond donors (Lipinski definition) is 1. The summed E-state index contributed by atoms with van der Waals surface area (Å²) < 4.78 is 27.4. The van der Waals surface area contributed by atoms with Crippen molar-refractivity contribution in [3.05, 3.63) is 42.5 Å². The molecule has 0 amide bonds. The van der Waals surface area contributed by atoms with E-state index in [1.165, 1.54) is 23.4 Å². The van der Waals surface area contributed by atoms with Gasteiger partial charge in [-0.25, -0.2) is 13.8 Å². The molecule has 9 heteroatoms. The normalized spacial score (nSPS) is 10.7. The molecule has 0 saturated carbocycles. The van der Waals surface area contributed by atoms with Gasteiger partial charge in [0.05, 0.1) is 0 Å². The molecule has 1 aromatic carbocycles. The second-order valence-corrected chi connectivity index (χ2v) is 3.79. The van der Waals surface area contributed by atoms with E-state index in [1.807, 2.05) is 0 Å². The second-order valence-electron chi connectivity index (χ2n) is 3.79. The maximum atomic E-state index is 13.2. The lowest BCUT2D eigenvalue weighted by molar-refractivity contribution is 0.509. The summed E-state index contributed by atoms with van der Waals surface area (Å²) in [5, 5.41) is 3.86. The molecule has 0 aliphatic rings. The predicted molar refractivity (Wildman–Crippen MR) is 64.5 cm³/mol. The topological polar surface area (TPSA) is 95.4 Å². The molecule has 20 heavy (non-hydrogen) atoms. The van der Waals surface area contributed by atoms with E-state index in [0.717, 1.165) is 12.1 Å². The Kier molecular flexibility index (Phi) is 2.78. The van der Waals surface area contributed by atoms with Crippen molar-refractivity contribution in [3.63, 3.8) is 0 Å². The van der Waals surface area contributed by atoms with E-state index < -0.39 is 11.6 Å². The fourth-order valence-corrected chi connectivity index (χ4v) is 1.56. The lowest BCUT2D eigenvalue weighted by Crippen LogP contribution is -2.08. The zero-order valence-electron chi connectivity index (χ0n) is 9.90. The highest BCUT2D eigenvalue weighted by Gasteiger charge is 2.11. The molecule has 3 rings (SSSR count). The van der Waals surface area contributed by atoms with E-state index in [0.29, 0.717) is 0 Å². The summed E-state index contributed by atoms with van der Waals surface area (Å²) in [4.78, 5) is 15.6. The van der Waals surface area contributed by atoms with Gasteiger partial charge in [0.2, 0.25) is 5.95 Å². The Morgan fingerprint density at radius 1 is 1.05 bits per heavy atom. The molecule has 0 spiro atoms. The monoisotopic (exact) mass is 275 g/mol. The van der Waals surface area contributed by atoms with Crippen LogP contribution in [-0.2, 0) is 0 Å². The summed E-state index contributed by atoms with van der Waals surface area (Å²) in [5.41, 5.74) is 5.86. The molecule has 0 unspecified atom stereocenters. The number of hydrogen-bond acceptors (Lipinski definition) is 6. The van der Waals surface area contributed by atoms with Crippen molar-refractivity contribution in [3.8, 4) is 17.3 Å². The Labute approximate surface area is 111 Å². The van der Waals surface area contributed by atoms with Crippen molar-refractivity contribution in [2.24, 2.45) is 0 Å². The van der Waals surface area contributed by atoms with Crippen LogP contribution in [0.2, 0.25) is 0 Å². The Bertz CT molecular complexity index is 757. The summed E-state index contributed by atoms with van der Waals surface area (Å²) >= 11 is 0. The molecule has 2 heterocycles. The van der Waals surface area contributed by atoms with Crippen molar-refractivity contribution in [2.45, 2.75) is 0 Å². The number of nitrogens with two attached hydrogens (primary N) is 1. The number of halogens is 2.